The first-order chi connectivity index (χ1) is 17.4. The van der Waals surface area contributed by atoms with Gasteiger partial charge in [0.1, 0.15) is 17.3 Å². The molecule has 1 saturated carbocycles. The van der Waals surface area contributed by atoms with Crippen molar-refractivity contribution in [2.45, 2.75) is 44.9 Å². The molecule has 0 amide bonds. The summed E-state index contributed by atoms with van der Waals surface area (Å²) in [5, 5.41) is 0. The van der Waals surface area contributed by atoms with Gasteiger partial charge in [-0.25, -0.2) is 18.0 Å². The summed E-state index contributed by atoms with van der Waals surface area (Å²) in [5.74, 6) is -2.20. The fourth-order valence-electron chi connectivity index (χ4n) is 4.55. The van der Waals surface area contributed by atoms with Gasteiger partial charge in [-0.05, 0) is 66.5 Å². The monoisotopic (exact) mass is 494 g/mol. The van der Waals surface area contributed by atoms with Gasteiger partial charge in [0.2, 0.25) is 0 Å². The van der Waals surface area contributed by atoms with Crippen LogP contribution in [0.4, 0.5) is 13.2 Å². The summed E-state index contributed by atoms with van der Waals surface area (Å²) in [4.78, 5) is 12.4. The predicted octanol–water partition coefficient (Wildman–Crippen LogP) is 8.24. The van der Waals surface area contributed by atoms with Gasteiger partial charge in [0.15, 0.2) is 11.6 Å². The molecule has 36 heavy (non-hydrogen) atoms. The molecule has 3 aromatic carbocycles. The van der Waals surface area contributed by atoms with Gasteiger partial charge in [-0.2, -0.15) is 0 Å². The maximum Gasteiger partial charge on any atom is 0.346 e. The Bertz CT molecular complexity index is 1230. The van der Waals surface area contributed by atoms with E-state index in [1.807, 2.05) is 0 Å². The van der Waals surface area contributed by atoms with Crippen molar-refractivity contribution in [2.24, 2.45) is 5.92 Å². The number of halogens is 3. The van der Waals surface area contributed by atoms with Gasteiger partial charge in [0.05, 0.1) is 12.2 Å². The van der Waals surface area contributed by atoms with E-state index in [4.69, 9.17) is 9.47 Å². The number of carbonyl (C=O) groups excluding carboxylic acids is 1. The maximum absolute atomic E-state index is 15.0. The third-order valence-electron chi connectivity index (χ3n) is 6.69. The van der Waals surface area contributed by atoms with Crippen LogP contribution in [0.3, 0.4) is 0 Å². The average Bonchev–Trinajstić information content (AvgIpc) is 2.87. The lowest BCUT2D eigenvalue weighted by atomic mass is 9.79. The highest BCUT2D eigenvalue weighted by Gasteiger charge is 2.25. The molecule has 0 heterocycles. The molecule has 0 atom stereocenters. The lowest BCUT2D eigenvalue weighted by Crippen LogP contribution is -2.13. The van der Waals surface area contributed by atoms with E-state index in [0.29, 0.717) is 35.8 Å². The highest BCUT2D eigenvalue weighted by Crippen LogP contribution is 2.39. The summed E-state index contributed by atoms with van der Waals surface area (Å²) >= 11 is 0. The molecule has 1 aliphatic carbocycles. The molecule has 3 aromatic rings. The first kappa shape index (κ1) is 25.5. The molecule has 0 spiro atoms. The summed E-state index contributed by atoms with van der Waals surface area (Å²) < 4.78 is 54.9. The Morgan fingerprint density at radius 1 is 0.944 bits per heavy atom. The quantitative estimate of drug-likeness (QED) is 0.137. The van der Waals surface area contributed by atoms with Crippen LogP contribution in [0.1, 0.15) is 60.9 Å². The zero-order valence-corrected chi connectivity index (χ0v) is 20.2. The molecular weight excluding hydrogens is 465 g/mol. The van der Waals surface area contributed by atoms with Crippen molar-refractivity contribution >= 4 is 5.97 Å². The summed E-state index contributed by atoms with van der Waals surface area (Å²) in [6.07, 6.45) is 6.06. The van der Waals surface area contributed by atoms with Crippen LogP contribution >= 0.6 is 0 Å². The molecule has 4 rings (SSSR count). The minimum Gasteiger partial charge on any atom is -0.493 e. The van der Waals surface area contributed by atoms with Gasteiger partial charge in [0, 0.05) is 11.6 Å². The Kier molecular flexibility index (Phi) is 8.14. The number of hydrogen-bond acceptors (Lipinski definition) is 3. The molecule has 6 heteroatoms. The van der Waals surface area contributed by atoms with Gasteiger partial charge < -0.3 is 9.47 Å². The van der Waals surface area contributed by atoms with Crippen LogP contribution < -0.4 is 9.47 Å². The van der Waals surface area contributed by atoms with Crippen molar-refractivity contribution in [1.29, 1.82) is 0 Å². The number of rotatable bonds is 8. The third kappa shape index (κ3) is 5.81. The molecule has 0 aliphatic heterocycles. The molecule has 0 unspecified atom stereocenters. The highest BCUT2D eigenvalue weighted by molar-refractivity contribution is 5.91. The predicted molar refractivity (Wildman–Crippen MR) is 134 cm³/mol. The summed E-state index contributed by atoms with van der Waals surface area (Å²) in [5.41, 5.74) is 0.780. The Balaban J connectivity index is 1.44. The molecule has 0 N–H and O–H groups in total. The Labute approximate surface area is 209 Å². The van der Waals surface area contributed by atoms with Gasteiger partial charge in [0.25, 0.3) is 0 Å². The SMILES string of the molecule is C=CCCOc1ccc(C(=O)Oc2ccc(-c3ccc(C4CCC(C)CC4)c(F)c3F)cc2)c(F)c1. The Hall–Kier alpha value is -3.54. The van der Waals surface area contributed by atoms with Gasteiger partial charge >= 0.3 is 5.97 Å². The Morgan fingerprint density at radius 3 is 2.31 bits per heavy atom. The average molecular weight is 495 g/mol. The first-order valence-corrected chi connectivity index (χ1v) is 12.2. The van der Waals surface area contributed by atoms with Crippen LogP contribution in [0.25, 0.3) is 11.1 Å². The van der Waals surface area contributed by atoms with E-state index in [1.54, 1.807) is 18.2 Å². The van der Waals surface area contributed by atoms with Crippen LogP contribution in [-0.2, 0) is 0 Å². The third-order valence-corrected chi connectivity index (χ3v) is 6.69. The van der Waals surface area contributed by atoms with E-state index < -0.39 is 23.4 Å². The minimum absolute atomic E-state index is 0.0414. The van der Waals surface area contributed by atoms with Crippen molar-refractivity contribution in [1.82, 2.24) is 0 Å². The molecule has 0 bridgehead atoms. The van der Waals surface area contributed by atoms with Gasteiger partial charge in [-0.3, -0.25) is 0 Å². The molecule has 0 aromatic heterocycles. The second kappa shape index (κ2) is 11.5. The van der Waals surface area contributed by atoms with Crippen molar-refractivity contribution in [3.8, 4) is 22.6 Å². The molecular formula is C30H29F3O3. The second-order valence-corrected chi connectivity index (χ2v) is 9.27. The van der Waals surface area contributed by atoms with Crippen molar-refractivity contribution < 1.29 is 27.4 Å². The minimum atomic E-state index is -0.881. The molecule has 3 nitrogen and oxygen atoms in total. The number of benzene rings is 3. The molecule has 1 fully saturated rings. The van der Waals surface area contributed by atoms with E-state index >= 15 is 0 Å². The first-order valence-electron chi connectivity index (χ1n) is 12.2. The lowest BCUT2D eigenvalue weighted by molar-refractivity contribution is 0.0730. The van der Waals surface area contributed by atoms with Crippen LogP contribution in [-0.4, -0.2) is 12.6 Å². The lowest BCUT2D eigenvalue weighted by Gasteiger charge is -2.27. The van der Waals surface area contributed by atoms with E-state index in [-0.39, 0.29) is 22.8 Å². The van der Waals surface area contributed by atoms with Gasteiger partial charge in [-0.1, -0.05) is 50.1 Å². The second-order valence-electron chi connectivity index (χ2n) is 9.27. The van der Waals surface area contributed by atoms with E-state index in [1.165, 1.54) is 36.4 Å². The summed E-state index contributed by atoms with van der Waals surface area (Å²) in [7, 11) is 0. The molecule has 188 valence electrons. The Morgan fingerprint density at radius 2 is 1.64 bits per heavy atom. The van der Waals surface area contributed by atoms with Crippen molar-refractivity contribution in [2.75, 3.05) is 6.61 Å². The fourth-order valence-corrected chi connectivity index (χ4v) is 4.55. The molecule has 0 saturated heterocycles. The summed E-state index contributed by atoms with van der Waals surface area (Å²) in [6.45, 7) is 6.13. The maximum atomic E-state index is 15.0. The molecule has 1 aliphatic rings. The smallest absolute Gasteiger partial charge is 0.346 e. The van der Waals surface area contributed by atoms with Crippen LogP contribution in [0.15, 0.2) is 67.3 Å². The zero-order valence-electron chi connectivity index (χ0n) is 20.2. The molecule has 0 radical (unpaired) electrons. The van der Waals surface area contributed by atoms with E-state index in [2.05, 4.69) is 13.5 Å². The van der Waals surface area contributed by atoms with E-state index in [0.717, 1.165) is 31.7 Å². The largest absolute Gasteiger partial charge is 0.493 e. The van der Waals surface area contributed by atoms with Crippen LogP contribution in [0, 0.1) is 23.4 Å². The van der Waals surface area contributed by atoms with Crippen LogP contribution in [0.2, 0.25) is 0 Å². The number of ether oxygens (including phenoxy) is 2. The topological polar surface area (TPSA) is 35.5 Å². The van der Waals surface area contributed by atoms with Crippen molar-refractivity contribution in [3.63, 3.8) is 0 Å². The van der Waals surface area contributed by atoms with Crippen LogP contribution in [0.5, 0.6) is 11.5 Å². The highest BCUT2D eigenvalue weighted by atomic mass is 19.2. The normalized spacial score (nSPS) is 17.4. The van der Waals surface area contributed by atoms with E-state index in [9.17, 15) is 18.0 Å². The fraction of sp³-hybridized carbons (Fsp3) is 0.300. The standard InChI is InChI=1S/C30H29F3O3/c1-3-4-17-35-23-13-14-26(27(31)18-23)30(34)36-22-11-9-21(10-12-22)25-16-15-24(28(32)29(25)33)20-7-5-19(2)6-8-20/h3,9-16,18-20H,1,4-8,17H2,2H3. The van der Waals surface area contributed by atoms with Crippen molar-refractivity contribution in [3.05, 3.63) is 95.8 Å². The number of hydrogen-bond donors (Lipinski definition) is 0. The number of carbonyl (C=O) groups is 1. The summed E-state index contributed by atoms with van der Waals surface area (Å²) in [6, 6.07) is 13.2. The zero-order chi connectivity index (χ0) is 25.7. The number of esters is 1. The van der Waals surface area contributed by atoms with Gasteiger partial charge in [-0.15, -0.1) is 6.58 Å².